The van der Waals surface area contributed by atoms with E-state index in [4.69, 9.17) is 4.74 Å². The van der Waals surface area contributed by atoms with Crippen molar-refractivity contribution in [2.45, 2.75) is 38.6 Å². The van der Waals surface area contributed by atoms with E-state index in [2.05, 4.69) is 16.7 Å². The Labute approximate surface area is 129 Å². The molecule has 2 N–H and O–H groups in total. The molecular formula is C15H22N2O3S. The van der Waals surface area contributed by atoms with Crippen molar-refractivity contribution < 1.29 is 14.3 Å². The van der Waals surface area contributed by atoms with E-state index in [1.807, 2.05) is 11.4 Å². The number of alkyl carbamates (subject to hydrolysis) is 1. The molecule has 2 amide bonds. The molecule has 21 heavy (non-hydrogen) atoms. The van der Waals surface area contributed by atoms with Crippen molar-refractivity contribution in [3.8, 4) is 0 Å². The van der Waals surface area contributed by atoms with Gasteiger partial charge in [0, 0.05) is 4.88 Å². The van der Waals surface area contributed by atoms with E-state index in [1.54, 1.807) is 18.3 Å². The molecule has 1 aliphatic rings. The van der Waals surface area contributed by atoms with Crippen molar-refractivity contribution in [1.82, 2.24) is 10.6 Å². The molecule has 1 atom stereocenters. The topological polar surface area (TPSA) is 67.4 Å². The summed E-state index contributed by atoms with van der Waals surface area (Å²) in [5, 5.41) is 7.54. The van der Waals surface area contributed by atoms with Gasteiger partial charge in [-0.2, -0.15) is 0 Å². The third-order valence-electron chi connectivity index (χ3n) is 3.71. The van der Waals surface area contributed by atoms with E-state index in [-0.39, 0.29) is 18.5 Å². The summed E-state index contributed by atoms with van der Waals surface area (Å²) in [7, 11) is 0. The average molecular weight is 310 g/mol. The molecule has 2 rings (SSSR count). The van der Waals surface area contributed by atoms with Crippen LogP contribution < -0.4 is 10.6 Å². The first-order valence-electron chi connectivity index (χ1n) is 7.44. The van der Waals surface area contributed by atoms with Crippen molar-refractivity contribution >= 4 is 23.3 Å². The van der Waals surface area contributed by atoms with Gasteiger partial charge in [-0.05, 0) is 37.1 Å². The molecule has 1 aromatic heterocycles. The zero-order valence-electron chi connectivity index (χ0n) is 12.3. The molecule has 0 radical (unpaired) electrons. The van der Waals surface area contributed by atoms with Crippen LogP contribution >= 0.6 is 11.3 Å². The maximum absolute atomic E-state index is 12.0. The Morgan fingerprint density at radius 2 is 2.19 bits per heavy atom. The largest absolute Gasteiger partial charge is 0.450 e. The number of hydrogen-bond acceptors (Lipinski definition) is 4. The molecule has 1 unspecified atom stereocenters. The Hall–Kier alpha value is -1.56. The van der Waals surface area contributed by atoms with E-state index in [0.717, 1.165) is 12.8 Å². The minimum absolute atomic E-state index is 0.0482. The summed E-state index contributed by atoms with van der Waals surface area (Å²) < 4.78 is 4.74. The highest BCUT2D eigenvalue weighted by Gasteiger charge is 2.28. The molecule has 0 aromatic carbocycles. The maximum atomic E-state index is 12.0. The molecule has 1 aliphatic carbocycles. The van der Waals surface area contributed by atoms with Crippen LogP contribution in [0.5, 0.6) is 0 Å². The van der Waals surface area contributed by atoms with Gasteiger partial charge >= 0.3 is 6.09 Å². The van der Waals surface area contributed by atoms with Crippen LogP contribution in [0.4, 0.5) is 4.79 Å². The van der Waals surface area contributed by atoms with Gasteiger partial charge in [0.1, 0.15) is 6.54 Å². The van der Waals surface area contributed by atoms with Gasteiger partial charge in [-0.1, -0.05) is 18.9 Å². The molecule has 116 valence electrons. The first-order valence-corrected chi connectivity index (χ1v) is 8.32. The quantitative estimate of drug-likeness (QED) is 0.849. The lowest BCUT2D eigenvalue weighted by Gasteiger charge is -2.23. The van der Waals surface area contributed by atoms with Crippen LogP contribution in [0.1, 0.15) is 43.5 Å². The van der Waals surface area contributed by atoms with Crippen molar-refractivity contribution in [1.29, 1.82) is 0 Å². The molecule has 0 aliphatic heterocycles. The van der Waals surface area contributed by atoms with Gasteiger partial charge in [-0.25, -0.2) is 4.79 Å². The summed E-state index contributed by atoms with van der Waals surface area (Å²) in [5.74, 6) is 0.323. The smallest absolute Gasteiger partial charge is 0.407 e. The molecular weight excluding hydrogens is 288 g/mol. The third-order valence-corrected chi connectivity index (χ3v) is 4.66. The Morgan fingerprint density at radius 3 is 2.81 bits per heavy atom. The van der Waals surface area contributed by atoms with Crippen molar-refractivity contribution in [3.05, 3.63) is 22.4 Å². The van der Waals surface area contributed by atoms with Gasteiger partial charge in [0.25, 0.3) is 0 Å². The minimum Gasteiger partial charge on any atom is -0.450 e. The zero-order valence-corrected chi connectivity index (χ0v) is 13.1. The van der Waals surface area contributed by atoms with Crippen LogP contribution in [0.2, 0.25) is 0 Å². The maximum Gasteiger partial charge on any atom is 0.407 e. The fraction of sp³-hybridized carbons (Fsp3) is 0.600. The second-order valence-corrected chi connectivity index (χ2v) is 6.16. The van der Waals surface area contributed by atoms with Gasteiger partial charge in [0.15, 0.2) is 0 Å². The monoisotopic (exact) mass is 310 g/mol. The first kappa shape index (κ1) is 15.8. The Balaban J connectivity index is 1.89. The van der Waals surface area contributed by atoms with Crippen LogP contribution in [-0.2, 0) is 9.53 Å². The molecule has 5 nitrogen and oxygen atoms in total. The molecule has 0 saturated heterocycles. The van der Waals surface area contributed by atoms with E-state index < -0.39 is 6.09 Å². The SMILES string of the molecule is CCOC(=O)NCC(=O)NC(c1cccs1)C1CCCC1. The second-order valence-electron chi connectivity index (χ2n) is 5.18. The van der Waals surface area contributed by atoms with E-state index >= 15 is 0 Å². The minimum atomic E-state index is -0.554. The van der Waals surface area contributed by atoms with Crippen molar-refractivity contribution in [3.63, 3.8) is 0 Å². The molecule has 6 heteroatoms. The van der Waals surface area contributed by atoms with Crippen LogP contribution in [-0.4, -0.2) is 25.2 Å². The summed E-state index contributed by atoms with van der Waals surface area (Å²) in [6.07, 6.45) is 4.19. The molecule has 1 heterocycles. The van der Waals surface area contributed by atoms with Crippen molar-refractivity contribution in [2.75, 3.05) is 13.2 Å². The molecule has 0 spiro atoms. The fourth-order valence-electron chi connectivity index (χ4n) is 2.74. The zero-order chi connectivity index (χ0) is 15.1. The van der Waals surface area contributed by atoms with Crippen LogP contribution in [0.15, 0.2) is 17.5 Å². The lowest BCUT2D eigenvalue weighted by molar-refractivity contribution is -0.121. The molecule has 1 aromatic rings. The highest BCUT2D eigenvalue weighted by atomic mass is 32.1. The van der Waals surface area contributed by atoms with Gasteiger partial charge in [-0.15, -0.1) is 11.3 Å². The number of nitrogens with one attached hydrogen (secondary N) is 2. The standard InChI is InChI=1S/C15H22N2O3S/c1-2-20-15(19)16-10-13(18)17-14(11-6-3-4-7-11)12-8-5-9-21-12/h5,8-9,11,14H,2-4,6-7,10H2,1H3,(H,16,19)(H,17,18). The lowest BCUT2D eigenvalue weighted by atomic mass is 9.96. The molecule has 0 bridgehead atoms. The first-order chi connectivity index (χ1) is 10.2. The lowest BCUT2D eigenvalue weighted by Crippen LogP contribution is -2.40. The van der Waals surface area contributed by atoms with Crippen molar-refractivity contribution in [2.24, 2.45) is 5.92 Å². The fourth-order valence-corrected chi connectivity index (χ4v) is 3.61. The number of ether oxygens (including phenoxy) is 1. The molecule has 1 saturated carbocycles. The van der Waals surface area contributed by atoms with Gasteiger partial charge in [0.2, 0.25) is 5.91 Å². The third kappa shape index (κ3) is 4.74. The van der Waals surface area contributed by atoms with Gasteiger partial charge in [-0.3, -0.25) is 4.79 Å². The van der Waals surface area contributed by atoms with Gasteiger partial charge in [0.05, 0.1) is 12.6 Å². The van der Waals surface area contributed by atoms with E-state index in [0.29, 0.717) is 12.5 Å². The number of hydrogen-bond donors (Lipinski definition) is 2. The Kier molecular flexibility index (Phi) is 6.04. The van der Waals surface area contributed by atoms with E-state index in [9.17, 15) is 9.59 Å². The number of carbonyl (C=O) groups excluding carboxylic acids is 2. The van der Waals surface area contributed by atoms with Gasteiger partial charge < -0.3 is 15.4 Å². The highest BCUT2D eigenvalue weighted by Crippen LogP contribution is 2.37. The Bertz CT molecular complexity index is 455. The average Bonchev–Trinajstić information content (AvgIpc) is 3.15. The number of amides is 2. The normalized spacial score (nSPS) is 16.4. The van der Waals surface area contributed by atoms with Crippen LogP contribution in [0.3, 0.4) is 0 Å². The predicted octanol–water partition coefficient (Wildman–Crippen LogP) is 2.84. The van der Waals surface area contributed by atoms with Crippen LogP contribution in [0.25, 0.3) is 0 Å². The summed E-state index contributed by atoms with van der Waals surface area (Å²) in [4.78, 5) is 24.4. The predicted molar refractivity (Wildman–Crippen MR) is 82.2 cm³/mol. The summed E-state index contributed by atoms with van der Waals surface area (Å²) in [6, 6.07) is 4.13. The summed E-state index contributed by atoms with van der Waals surface area (Å²) in [5.41, 5.74) is 0. The second kappa shape index (κ2) is 8.02. The number of carbonyl (C=O) groups is 2. The number of rotatable bonds is 6. The summed E-state index contributed by atoms with van der Waals surface area (Å²) in [6.45, 7) is 1.98. The Morgan fingerprint density at radius 1 is 1.43 bits per heavy atom. The summed E-state index contributed by atoms with van der Waals surface area (Å²) >= 11 is 1.67. The van der Waals surface area contributed by atoms with Crippen LogP contribution in [0, 0.1) is 5.92 Å². The number of thiophene rings is 1. The highest BCUT2D eigenvalue weighted by molar-refractivity contribution is 7.10. The van der Waals surface area contributed by atoms with E-state index in [1.165, 1.54) is 17.7 Å². The molecule has 1 fully saturated rings.